The van der Waals surface area contributed by atoms with Gasteiger partial charge in [-0.05, 0) is 26.4 Å². The molecular weight excluding hydrogens is 171 g/mol. The van der Waals surface area contributed by atoms with Gasteiger partial charge in [0, 0.05) is 12.6 Å². The van der Waals surface area contributed by atoms with E-state index >= 15 is 0 Å². The number of nitrogens with two attached hydrogens (primary N) is 1. The van der Waals surface area contributed by atoms with Crippen molar-refractivity contribution in [3.8, 4) is 0 Å². The summed E-state index contributed by atoms with van der Waals surface area (Å²) in [5.41, 5.74) is 5.68. The Morgan fingerprint density at radius 2 is 2.00 bits per heavy atom. The van der Waals surface area contributed by atoms with E-state index in [2.05, 4.69) is 11.9 Å². The van der Waals surface area contributed by atoms with Crippen molar-refractivity contribution in [2.75, 3.05) is 20.1 Å². The van der Waals surface area contributed by atoms with Crippen molar-refractivity contribution in [1.29, 1.82) is 0 Å². The third-order valence-electron chi connectivity index (χ3n) is 1.66. The van der Waals surface area contributed by atoms with Gasteiger partial charge in [0.2, 0.25) is 0 Å². The zero-order chi connectivity index (χ0) is 5.98. The lowest BCUT2D eigenvalue weighted by Gasteiger charge is -2.26. The lowest BCUT2D eigenvalue weighted by Crippen LogP contribution is -2.40. The molecule has 0 spiro atoms. The molecule has 0 saturated carbocycles. The lowest BCUT2D eigenvalue weighted by molar-refractivity contribution is 0.252. The molecule has 1 fully saturated rings. The van der Waals surface area contributed by atoms with Crippen molar-refractivity contribution in [2.24, 2.45) is 5.73 Å². The first-order valence-corrected chi connectivity index (χ1v) is 3.23. The summed E-state index contributed by atoms with van der Waals surface area (Å²) in [6.07, 6.45) is 2.49. The Bertz CT molecular complexity index is 72.1. The number of hydrogen-bond donors (Lipinski definition) is 1. The summed E-state index contributed by atoms with van der Waals surface area (Å²) < 4.78 is 0. The van der Waals surface area contributed by atoms with Gasteiger partial charge in [-0.2, -0.15) is 0 Å². The fourth-order valence-electron chi connectivity index (χ4n) is 1.21. The summed E-state index contributed by atoms with van der Waals surface area (Å²) in [4.78, 5) is 2.29. The molecule has 0 aliphatic carbocycles. The van der Waals surface area contributed by atoms with E-state index in [0.717, 1.165) is 6.54 Å². The summed E-state index contributed by atoms with van der Waals surface area (Å²) in [7, 11) is 2.12. The topological polar surface area (TPSA) is 29.3 Å². The number of likely N-dealkylation sites (N-methyl/N-ethyl adjacent to an activating group) is 1. The van der Waals surface area contributed by atoms with Gasteiger partial charge in [-0.3, -0.25) is 0 Å². The van der Waals surface area contributed by atoms with Crippen LogP contribution in [0.25, 0.3) is 0 Å². The summed E-state index contributed by atoms with van der Waals surface area (Å²) in [5.74, 6) is 0. The summed E-state index contributed by atoms with van der Waals surface area (Å²) in [6, 6.07) is 0.439. The molecule has 1 saturated heterocycles. The first-order valence-electron chi connectivity index (χ1n) is 3.23. The van der Waals surface area contributed by atoms with Crippen molar-refractivity contribution in [2.45, 2.75) is 18.9 Å². The van der Waals surface area contributed by atoms with E-state index in [9.17, 15) is 0 Å². The number of hydrogen-bond acceptors (Lipinski definition) is 2. The minimum absolute atomic E-state index is 0. The molecule has 2 nitrogen and oxygen atoms in total. The van der Waals surface area contributed by atoms with Crippen LogP contribution in [0.1, 0.15) is 12.8 Å². The maximum Gasteiger partial charge on any atom is 0.0168 e. The lowest BCUT2D eigenvalue weighted by atomic mass is 10.1. The minimum Gasteiger partial charge on any atom is -0.327 e. The quantitative estimate of drug-likeness (QED) is 0.610. The Morgan fingerprint density at radius 3 is 2.30 bits per heavy atom. The predicted octanol–water partition coefficient (Wildman–Crippen LogP) is 0.883. The molecule has 0 amide bonds. The summed E-state index contributed by atoms with van der Waals surface area (Å²) in [6.45, 7) is 2.31. The second-order valence-electron chi connectivity index (χ2n) is 2.66. The third kappa shape index (κ3) is 4.34. The molecule has 1 aliphatic heterocycles. The van der Waals surface area contributed by atoms with Gasteiger partial charge < -0.3 is 10.6 Å². The smallest absolute Gasteiger partial charge is 0.0168 e. The summed E-state index contributed by atoms with van der Waals surface area (Å²) >= 11 is 0. The van der Waals surface area contributed by atoms with Crippen molar-refractivity contribution < 1.29 is 0 Å². The van der Waals surface area contributed by atoms with Gasteiger partial charge in [0.25, 0.3) is 0 Å². The van der Waals surface area contributed by atoms with Crippen molar-refractivity contribution in [1.82, 2.24) is 4.90 Å². The Hall–Kier alpha value is 0.500. The van der Waals surface area contributed by atoms with E-state index in [4.69, 9.17) is 5.73 Å². The average molecular weight is 187 g/mol. The van der Waals surface area contributed by atoms with Crippen molar-refractivity contribution in [3.05, 3.63) is 0 Å². The molecule has 10 heavy (non-hydrogen) atoms. The highest BCUT2D eigenvalue weighted by molar-refractivity contribution is 5.85. The van der Waals surface area contributed by atoms with Crippen LogP contribution >= 0.6 is 24.8 Å². The molecular formula is C6H16Cl2N2. The molecule has 1 heterocycles. The van der Waals surface area contributed by atoms with Crippen LogP contribution in [0.4, 0.5) is 0 Å². The van der Waals surface area contributed by atoms with Crippen LogP contribution in [0.3, 0.4) is 0 Å². The van der Waals surface area contributed by atoms with Gasteiger partial charge in [0.15, 0.2) is 0 Å². The van der Waals surface area contributed by atoms with E-state index in [0.29, 0.717) is 6.04 Å². The number of likely N-dealkylation sites (tertiary alicyclic amines) is 1. The second kappa shape index (κ2) is 6.23. The van der Waals surface area contributed by atoms with E-state index in [-0.39, 0.29) is 24.8 Å². The SMILES string of the molecule is CN1CCC[C@@H](N)C1.Cl.Cl. The largest absolute Gasteiger partial charge is 0.327 e. The monoisotopic (exact) mass is 186 g/mol. The van der Waals surface area contributed by atoms with Crippen LogP contribution in [-0.4, -0.2) is 31.1 Å². The Kier molecular flexibility index (Phi) is 8.17. The molecule has 0 bridgehead atoms. The van der Waals surface area contributed by atoms with E-state index < -0.39 is 0 Å². The van der Waals surface area contributed by atoms with Gasteiger partial charge in [0.1, 0.15) is 0 Å². The molecule has 2 N–H and O–H groups in total. The molecule has 0 aromatic rings. The Balaban J connectivity index is 0. The van der Waals surface area contributed by atoms with Gasteiger partial charge in [-0.1, -0.05) is 0 Å². The summed E-state index contributed by atoms with van der Waals surface area (Å²) in [5, 5.41) is 0. The van der Waals surface area contributed by atoms with Gasteiger partial charge in [-0.25, -0.2) is 0 Å². The maximum absolute atomic E-state index is 5.68. The Labute approximate surface area is 75.0 Å². The first kappa shape index (κ1) is 13.1. The van der Waals surface area contributed by atoms with E-state index in [1.165, 1.54) is 19.4 Å². The highest BCUT2D eigenvalue weighted by Crippen LogP contribution is 2.04. The number of nitrogens with zero attached hydrogens (tertiary/aromatic N) is 1. The van der Waals surface area contributed by atoms with Gasteiger partial charge in [-0.15, -0.1) is 24.8 Å². The van der Waals surface area contributed by atoms with Crippen molar-refractivity contribution >= 4 is 24.8 Å². The van der Waals surface area contributed by atoms with Crippen LogP contribution in [0.2, 0.25) is 0 Å². The van der Waals surface area contributed by atoms with Crippen LogP contribution in [0.5, 0.6) is 0 Å². The fraction of sp³-hybridized carbons (Fsp3) is 1.00. The normalized spacial score (nSPS) is 26.4. The van der Waals surface area contributed by atoms with Gasteiger partial charge >= 0.3 is 0 Å². The molecule has 0 aromatic heterocycles. The molecule has 0 aromatic carbocycles. The molecule has 64 valence electrons. The number of piperidine rings is 1. The molecule has 1 aliphatic rings. The maximum atomic E-state index is 5.68. The van der Waals surface area contributed by atoms with Crippen LogP contribution in [-0.2, 0) is 0 Å². The zero-order valence-corrected chi connectivity index (χ0v) is 7.88. The standard InChI is InChI=1S/C6H14N2.2ClH/c1-8-4-2-3-6(7)5-8;;/h6H,2-5,7H2,1H3;2*1H/t6-;;/m1../s1. The fourth-order valence-corrected chi connectivity index (χ4v) is 1.21. The third-order valence-corrected chi connectivity index (χ3v) is 1.66. The average Bonchev–Trinajstić information content (AvgIpc) is 1.64. The van der Waals surface area contributed by atoms with Gasteiger partial charge in [0.05, 0.1) is 0 Å². The van der Waals surface area contributed by atoms with E-state index in [1.54, 1.807) is 0 Å². The molecule has 0 unspecified atom stereocenters. The van der Waals surface area contributed by atoms with Crippen LogP contribution in [0.15, 0.2) is 0 Å². The second-order valence-corrected chi connectivity index (χ2v) is 2.66. The molecule has 1 atom stereocenters. The highest BCUT2D eigenvalue weighted by Gasteiger charge is 2.11. The Morgan fingerprint density at radius 1 is 1.40 bits per heavy atom. The van der Waals surface area contributed by atoms with Crippen LogP contribution in [0, 0.1) is 0 Å². The van der Waals surface area contributed by atoms with E-state index in [1.807, 2.05) is 0 Å². The minimum atomic E-state index is 0. The molecule has 1 rings (SSSR count). The van der Waals surface area contributed by atoms with Crippen molar-refractivity contribution in [3.63, 3.8) is 0 Å². The predicted molar refractivity (Wildman–Crippen MR) is 49.2 cm³/mol. The number of rotatable bonds is 0. The van der Waals surface area contributed by atoms with Crippen LogP contribution < -0.4 is 5.73 Å². The number of halogens is 2. The molecule has 4 heteroatoms. The first-order chi connectivity index (χ1) is 3.79. The molecule has 0 radical (unpaired) electrons. The highest BCUT2D eigenvalue weighted by atomic mass is 35.5. The zero-order valence-electron chi connectivity index (χ0n) is 6.25.